The highest BCUT2D eigenvalue weighted by atomic mass is 35.5. The van der Waals surface area contributed by atoms with Crippen LogP contribution in [0, 0.1) is 13.8 Å². The number of nitrogens with zero attached hydrogens (tertiary/aromatic N) is 1. The molecule has 6 nitrogen and oxygen atoms in total. The largest absolute Gasteiger partial charge is 0.355 e. The Morgan fingerprint density at radius 2 is 1.68 bits per heavy atom. The van der Waals surface area contributed by atoms with Crippen molar-refractivity contribution in [2.75, 3.05) is 10.0 Å². The fourth-order valence-electron chi connectivity index (χ4n) is 2.50. The second-order valence-corrected chi connectivity index (χ2v) is 7.64. The third-order valence-corrected chi connectivity index (χ3v) is 5.46. The van der Waals surface area contributed by atoms with E-state index in [1.165, 1.54) is 0 Å². The molecule has 2 aromatic carbocycles. The SMILES string of the molecule is Cc1n[nH]c(C)c1S(=O)(=O)Nc1ccc(Nc2cccc(Cl)c2)cc1. The first kappa shape index (κ1) is 17.3. The number of aromatic amines is 1. The lowest BCUT2D eigenvalue weighted by Crippen LogP contribution is -2.14. The van der Waals surface area contributed by atoms with E-state index >= 15 is 0 Å². The molecule has 0 aliphatic heterocycles. The molecule has 0 unspecified atom stereocenters. The Labute approximate surface area is 151 Å². The van der Waals surface area contributed by atoms with Crippen LogP contribution in [0.1, 0.15) is 11.4 Å². The number of anilines is 3. The average Bonchev–Trinajstić information content (AvgIpc) is 2.89. The second-order valence-electron chi connectivity index (χ2n) is 5.58. The molecular weight excluding hydrogens is 360 g/mol. The Balaban J connectivity index is 1.77. The number of rotatable bonds is 5. The van der Waals surface area contributed by atoms with Crippen molar-refractivity contribution in [2.24, 2.45) is 0 Å². The quantitative estimate of drug-likeness (QED) is 0.622. The van der Waals surface area contributed by atoms with Crippen LogP contribution < -0.4 is 10.0 Å². The normalized spacial score (nSPS) is 11.3. The molecule has 3 aromatic rings. The van der Waals surface area contributed by atoms with Gasteiger partial charge >= 0.3 is 0 Å². The topological polar surface area (TPSA) is 86.9 Å². The minimum absolute atomic E-state index is 0.175. The van der Waals surface area contributed by atoms with Crippen molar-refractivity contribution in [2.45, 2.75) is 18.7 Å². The minimum atomic E-state index is -3.69. The van der Waals surface area contributed by atoms with Gasteiger partial charge in [0.1, 0.15) is 4.90 Å². The molecule has 3 rings (SSSR count). The lowest BCUT2D eigenvalue weighted by atomic mass is 10.2. The molecular formula is C17H17ClN4O2S. The van der Waals surface area contributed by atoms with E-state index in [4.69, 9.17) is 11.6 Å². The number of nitrogens with one attached hydrogen (secondary N) is 3. The zero-order valence-electron chi connectivity index (χ0n) is 13.7. The van der Waals surface area contributed by atoms with Gasteiger partial charge in [0.2, 0.25) is 0 Å². The van der Waals surface area contributed by atoms with Crippen LogP contribution in [0.4, 0.5) is 17.1 Å². The van der Waals surface area contributed by atoms with Gasteiger partial charge in [-0.3, -0.25) is 9.82 Å². The summed E-state index contributed by atoms with van der Waals surface area (Å²) >= 11 is 5.96. The first-order valence-electron chi connectivity index (χ1n) is 7.52. The number of H-pyrrole nitrogens is 1. The first-order valence-corrected chi connectivity index (χ1v) is 9.38. The van der Waals surface area contributed by atoms with Gasteiger partial charge in [-0.15, -0.1) is 0 Å². The monoisotopic (exact) mass is 376 g/mol. The van der Waals surface area contributed by atoms with Gasteiger partial charge in [0.15, 0.2) is 0 Å². The van der Waals surface area contributed by atoms with Crippen molar-refractivity contribution in [1.29, 1.82) is 0 Å². The third-order valence-electron chi connectivity index (χ3n) is 3.58. The number of hydrogen-bond donors (Lipinski definition) is 3. The molecule has 8 heteroatoms. The molecule has 0 aliphatic carbocycles. The first-order chi connectivity index (χ1) is 11.8. The molecule has 0 bridgehead atoms. The number of hydrogen-bond acceptors (Lipinski definition) is 4. The number of sulfonamides is 1. The van der Waals surface area contributed by atoms with E-state index in [0.717, 1.165) is 11.4 Å². The van der Waals surface area contributed by atoms with Gasteiger partial charge in [-0.25, -0.2) is 8.42 Å². The molecule has 0 atom stereocenters. The molecule has 0 spiro atoms. The van der Waals surface area contributed by atoms with E-state index < -0.39 is 10.0 Å². The standard InChI is InChI=1S/C17H17ClN4O2S/c1-11-17(12(2)21-20-11)25(23,24)22-15-8-6-14(7-9-15)19-16-5-3-4-13(18)10-16/h3-10,19,22H,1-2H3,(H,20,21). The Morgan fingerprint density at radius 3 is 2.28 bits per heavy atom. The summed E-state index contributed by atoms with van der Waals surface area (Å²) < 4.78 is 27.6. The van der Waals surface area contributed by atoms with Crippen LogP contribution in [0.3, 0.4) is 0 Å². The predicted molar refractivity (Wildman–Crippen MR) is 100 cm³/mol. The Morgan fingerprint density at radius 1 is 1.00 bits per heavy atom. The summed E-state index contributed by atoms with van der Waals surface area (Å²) in [6.07, 6.45) is 0. The molecule has 0 fully saturated rings. The second kappa shape index (κ2) is 6.78. The van der Waals surface area contributed by atoms with E-state index in [1.54, 1.807) is 44.2 Å². The summed E-state index contributed by atoms with van der Waals surface area (Å²) in [5.74, 6) is 0. The van der Waals surface area contributed by atoms with Crippen LogP contribution in [0.25, 0.3) is 0 Å². The highest BCUT2D eigenvalue weighted by Gasteiger charge is 2.22. The van der Waals surface area contributed by atoms with E-state index in [0.29, 0.717) is 22.1 Å². The van der Waals surface area contributed by atoms with Gasteiger partial charge in [-0.2, -0.15) is 5.10 Å². The van der Waals surface area contributed by atoms with E-state index in [1.807, 2.05) is 18.2 Å². The van der Waals surface area contributed by atoms with Crippen LogP contribution in [0.2, 0.25) is 5.02 Å². The number of benzene rings is 2. The molecule has 0 amide bonds. The van der Waals surface area contributed by atoms with Crippen LogP contribution in [-0.4, -0.2) is 18.6 Å². The third kappa shape index (κ3) is 3.94. The molecule has 0 radical (unpaired) electrons. The summed E-state index contributed by atoms with van der Waals surface area (Å²) in [4.78, 5) is 0.175. The van der Waals surface area contributed by atoms with E-state index in [2.05, 4.69) is 20.2 Å². The number of halogens is 1. The molecule has 0 saturated heterocycles. The molecule has 0 aliphatic rings. The zero-order valence-corrected chi connectivity index (χ0v) is 15.2. The van der Waals surface area contributed by atoms with E-state index in [9.17, 15) is 8.42 Å². The molecule has 130 valence electrons. The van der Waals surface area contributed by atoms with Gasteiger partial charge in [0.25, 0.3) is 10.0 Å². The number of aryl methyl sites for hydroxylation is 2. The van der Waals surface area contributed by atoms with Crippen LogP contribution in [-0.2, 0) is 10.0 Å². The fraction of sp³-hybridized carbons (Fsp3) is 0.118. The van der Waals surface area contributed by atoms with Crippen LogP contribution in [0.5, 0.6) is 0 Å². The summed E-state index contributed by atoms with van der Waals surface area (Å²) in [6, 6.07) is 14.3. The predicted octanol–water partition coefficient (Wildman–Crippen LogP) is 4.22. The molecule has 0 saturated carbocycles. The van der Waals surface area contributed by atoms with Crippen molar-refractivity contribution in [1.82, 2.24) is 10.2 Å². The van der Waals surface area contributed by atoms with Gasteiger partial charge in [0, 0.05) is 22.1 Å². The molecule has 1 heterocycles. The summed E-state index contributed by atoms with van der Waals surface area (Å²) in [6.45, 7) is 3.32. The van der Waals surface area contributed by atoms with Gasteiger partial charge in [-0.1, -0.05) is 17.7 Å². The van der Waals surface area contributed by atoms with Gasteiger partial charge < -0.3 is 5.32 Å². The van der Waals surface area contributed by atoms with Crippen molar-refractivity contribution in [3.63, 3.8) is 0 Å². The highest BCUT2D eigenvalue weighted by Crippen LogP contribution is 2.24. The maximum Gasteiger partial charge on any atom is 0.265 e. The molecule has 3 N–H and O–H groups in total. The van der Waals surface area contributed by atoms with Gasteiger partial charge in [-0.05, 0) is 56.3 Å². The summed E-state index contributed by atoms with van der Waals surface area (Å²) in [5.41, 5.74) is 3.08. The fourth-order valence-corrected chi connectivity index (χ4v) is 4.12. The van der Waals surface area contributed by atoms with E-state index in [-0.39, 0.29) is 4.90 Å². The Hall–Kier alpha value is -2.51. The lowest BCUT2D eigenvalue weighted by Gasteiger charge is -2.10. The highest BCUT2D eigenvalue weighted by molar-refractivity contribution is 7.92. The van der Waals surface area contributed by atoms with Crippen molar-refractivity contribution in [3.05, 3.63) is 64.9 Å². The van der Waals surface area contributed by atoms with Crippen molar-refractivity contribution in [3.8, 4) is 0 Å². The lowest BCUT2D eigenvalue weighted by molar-refractivity contribution is 0.600. The average molecular weight is 377 g/mol. The molecule has 1 aromatic heterocycles. The summed E-state index contributed by atoms with van der Waals surface area (Å²) in [7, 11) is -3.69. The molecule has 25 heavy (non-hydrogen) atoms. The maximum atomic E-state index is 12.5. The number of aromatic nitrogens is 2. The maximum absolute atomic E-state index is 12.5. The Kier molecular flexibility index (Phi) is 4.69. The zero-order chi connectivity index (χ0) is 18.0. The van der Waals surface area contributed by atoms with Gasteiger partial charge in [0.05, 0.1) is 11.4 Å². The van der Waals surface area contributed by atoms with Crippen LogP contribution in [0.15, 0.2) is 53.4 Å². The summed E-state index contributed by atoms with van der Waals surface area (Å²) in [5, 5.41) is 10.4. The van der Waals surface area contributed by atoms with Crippen molar-refractivity contribution < 1.29 is 8.42 Å². The smallest absolute Gasteiger partial charge is 0.265 e. The van der Waals surface area contributed by atoms with Crippen LogP contribution >= 0.6 is 11.6 Å². The Bertz CT molecular complexity index is 978. The van der Waals surface area contributed by atoms with Crippen molar-refractivity contribution >= 4 is 38.7 Å². The minimum Gasteiger partial charge on any atom is -0.355 e.